The lowest BCUT2D eigenvalue weighted by Gasteiger charge is -2.04. The summed E-state index contributed by atoms with van der Waals surface area (Å²) in [5, 5.41) is 25.4. The predicted molar refractivity (Wildman–Crippen MR) is 86.9 cm³/mol. The third kappa shape index (κ3) is 3.53. The minimum atomic E-state index is -0.540. The van der Waals surface area contributed by atoms with Crippen molar-refractivity contribution < 1.29 is 13.9 Å². The molecule has 2 N–H and O–H groups in total. The number of esters is 1. The van der Waals surface area contributed by atoms with Crippen LogP contribution in [0.1, 0.15) is 16.4 Å². The van der Waals surface area contributed by atoms with Crippen LogP contribution in [-0.4, -0.2) is 33.7 Å². The van der Waals surface area contributed by atoms with E-state index in [4.69, 9.17) is 9.68 Å². The number of nitrogens with zero attached hydrogens (tertiary/aromatic N) is 4. The minimum Gasteiger partial charge on any atom is -0.463 e. The summed E-state index contributed by atoms with van der Waals surface area (Å²) in [4.78, 5) is 11.5. The maximum atomic E-state index is 11.5. The zero-order valence-electron chi connectivity index (χ0n) is 13.1. The summed E-state index contributed by atoms with van der Waals surface area (Å²) in [6.45, 7) is 0. The molecule has 0 aliphatic carbocycles. The molecule has 0 radical (unpaired) electrons. The first-order valence-corrected chi connectivity index (χ1v) is 7.10. The number of carbonyl (C=O) groups is 1. The number of carbonyl (C=O) groups excluding carboxylic acids is 1. The molecular weight excluding hydrogens is 324 g/mol. The molecule has 0 aliphatic rings. The number of aromatic amines is 1. The number of rotatable bonds is 5. The number of hydrogen-bond acceptors (Lipinski definition) is 8. The van der Waals surface area contributed by atoms with Crippen molar-refractivity contribution >= 4 is 17.2 Å². The number of ether oxygens (including phenoxy) is 1. The Morgan fingerprint density at radius 2 is 2.28 bits per heavy atom. The maximum absolute atomic E-state index is 11.5. The molecule has 3 rings (SSSR count). The van der Waals surface area contributed by atoms with Gasteiger partial charge in [0.25, 0.3) is 0 Å². The van der Waals surface area contributed by atoms with Gasteiger partial charge in [-0.25, -0.2) is 4.79 Å². The van der Waals surface area contributed by atoms with E-state index in [1.807, 2.05) is 30.3 Å². The van der Waals surface area contributed by atoms with Gasteiger partial charge in [-0.1, -0.05) is 12.1 Å². The highest BCUT2D eigenvalue weighted by atomic mass is 16.5. The molecular formula is C16H12N6O3. The van der Waals surface area contributed by atoms with E-state index in [-0.39, 0.29) is 17.2 Å². The van der Waals surface area contributed by atoms with Gasteiger partial charge in [0, 0.05) is 17.5 Å². The Kier molecular flexibility index (Phi) is 4.53. The molecule has 0 atom stereocenters. The van der Waals surface area contributed by atoms with Gasteiger partial charge >= 0.3 is 5.97 Å². The van der Waals surface area contributed by atoms with Crippen LogP contribution in [0.15, 0.2) is 47.0 Å². The third-order valence-corrected chi connectivity index (χ3v) is 3.23. The second-order valence-electron chi connectivity index (χ2n) is 4.79. The summed E-state index contributed by atoms with van der Waals surface area (Å²) in [6, 6.07) is 12.5. The van der Waals surface area contributed by atoms with Crippen molar-refractivity contribution in [2.75, 3.05) is 12.4 Å². The van der Waals surface area contributed by atoms with Gasteiger partial charge in [0.05, 0.1) is 7.11 Å². The minimum absolute atomic E-state index is 0.125. The van der Waals surface area contributed by atoms with Crippen LogP contribution in [0.5, 0.6) is 0 Å². The number of hydrogen-bond donors (Lipinski definition) is 2. The van der Waals surface area contributed by atoms with Crippen LogP contribution < -0.4 is 5.32 Å². The molecule has 0 unspecified atom stereocenters. The molecule has 0 bridgehead atoms. The van der Waals surface area contributed by atoms with Gasteiger partial charge < -0.3 is 14.5 Å². The van der Waals surface area contributed by atoms with Gasteiger partial charge in [0.15, 0.2) is 0 Å². The number of anilines is 1. The monoisotopic (exact) mass is 336 g/mol. The highest BCUT2D eigenvalue weighted by Crippen LogP contribution is 2.25. The van der Waals surface area contributed by atoms with E-state index in [1.54, 1.807) is 12.1 Å². The zero-order chi connectivity index (χ0) is 17.6. The largest absolute Gasteiger partial charge is 0.463 e. The summed E-state index contributed by atoms with van der Waals surface area (Å²) in [7, 11) is 1.29. The molecule has 9 heteroatoms. The van der Waals surface area contributed by atoms with Crippen molar-refractivity contribution in [3.63, 3.8) is 0 Å². The van der Waals surface area contributed by atoms with E-state index in [0.29, 0.717) is 11.4 Å². The van der Waals surface area contributed by atoms with Crippen LogP contribution in [-0.2, 0) is 4.74 Å². The van der Waals surface area contributed by atoms with E-state index in [1.165, 1.54) is 13.3 Å². The number of H-pyrrole nitrogens is 1. The first-order valence-electron chi connectivity index (χ1n) is 7.10. The Bertz CT molecular complexity index is 952. The standard InChI is InChI=1S/C16H12N6O3/c1-24-16(23)14-6-5-13(25-14)10-3-2-4-12(7-10)18-9-11(8-17)15-19-21-22-20-15/h2-7,9,18H,1H3,(H,19,20,21,22). The summed E-state index contributed by atoms with van der Waals surface area (Å²) in [5.74, 6) is 0.300. The summed E-state index contributed by atoms with van der Waals surface area (Å²) in [6.07, 6.45) is 1.48. The lowest BCUT2D eigenvalue weighted by atomic mass is 10.1. The van der Waals surface area contributed by atoms with Gasteiger partial charge in [-0.05, 0) is 29.5 Å². The average molecular weight is 336 g/mol. The molecule has 0 fully saturated rings. The van der Waals surface area contributed by atoms with Crippen LogP contribution in [0, 0.1) is 11.3 Å². The Morgan fingerprint density at radius 1 is 1.40 bits per heavy atom. The molecule has 0 saturated heterocycles. The molecule has 9 nitrogen and oxygen atoms in total. The molecule has 0 aliphatic heterocycles. The van der Waals surface area contributed by atoms with E-state index in [9.17, 15) is 4.79 Å². The second-order valence-corrected chi connectivity index (χ2v) is 4.79. The lowest BCUT2D eigenvalue weighted by Crippen LogP contribution is -1.98. The van der Waals surface area contributed by atoms with E-state index in [0.717, 1.165) is 5.56 Å². The number of benzene rings is 1. The van der Waals surface area contributed by atoms with Gasteiger partial charge in [-0.15, -0.1) is 10.2 Å². The molecule has 0 spiro atoms. The van der Waals surface area contributed by atoms with Crippen LogP contribution in [0.25, 0.3) is 16.9 Å². The van der Waals surface area contributed by atoms with Crippen LogP contribution in [0.2, 0.25) is 0 Å². The Hall–Kier alpha value is -3.93. The molecule has 0 amide bonds. The Labute approximate surface area is 141 Å². The van der Waals surface area contributed by atoms with Crippen molar-refractivity contribution in [2.24, 2.45) is 0 Å². The number of tetrazole rings is 1. The number of furan rings is 1. The van der Waals surface area contributed by atoms with Crippen molar-refractivity contribution in [1.82, 2.24) is 20.6 Å². The fourth-order valence-electron chi connectivity index (χ4n) is 2.04. The molecule has 2 heterocycles. The van der Waals surface area contributed by atoms with Crippen LogP contribution in [0.4, 0.5) is 5.69 Å². The fraction of sp³-hybridized carbons (Fsp3) is 0.0625. The van der Waals surface area contributed by atoms with Gasteiger partial charge in [-0.2, -0.15) is 10.5 Å². The first-order chi connectivity index (χ1) is 12.2. The first kappa shape index (κ1) is 15.9. The average Bonchev–Trinajstić information content (AvgIpc) is 3.34. The zero-order valence-corrected chi connectivity index (χ0v) is 13.1. The van der Waals surface area contributed by atoms with Gasteiger partial charge in [0.2, 0.25) is 11.6 Å². The smallest absolute Gasteiger partial charge is 0.373 e. The number of aromatic nitrogens is 4. The SMILES string of the molecule is COC(=O)c1ccc(-c2cccc(NC=C(C#N)c3nn[nH]n3)c2)o1. The Balaban J connectivity index is 1.81. The molecule has 1 aromatic carbocycles. The number of allylic oxidation sites excluding steroid dienone is 1. The van der Waals surface area contributed by atoms with Crippen LogP contribution >= 0.6 is 0 Å². The molecule has 124 valence electrons. The second kappa shape index (κ2) is 7.10. The van der Waals surface area contributed by atoms with E-state index < -0.39 is 5.97 Å². The number of nitrogens with one attached hydrogen (secondary N) is 2. The predicted octanol–water partition coefficient (Wildman–Crippen LogP) is 2.22. The lowest BCUT2D eigenvalue weighted by molar-refractivity contribution is 0.0566. The molecule has 25 heavy (non-hydrogen) atoms. The topological polar surface area (TPSA) is 130 Å². The summed E-state index contributed by atoms with van der Waals surface area (Å²) >= 11 is 0. The number of nitriles is 1. The fourth-order valence-corrected chi connectivity index (χ4v) is 2.04. The third-order valence-electron chi connectivity index (χ3n) is 3.23. The summed E-state index contributed by atoms with van der Waals surface area (Å²) in [5.41, 5.74) is 1.70. The van der Waals surface area contributed by atoms with Gasteiger partial charge in [-0.3, -0.25) is 0 Å². The number of methoxy groups -OCH3 is 1. The quantitative estimate of drug-likeness (QED) is 0.536. The van der Waals surface area contributed by atoms with Gasteiger partial charge in [0.1, 0.15) is 17.4 Å². The van der Waals surface area contributed by atoms with Crippen molar-refractivity contribution in [1.29, 1.82) is 5.26 Å². The van der Waals surface area contributed by atoms with E-state index in [2.05, 4.69) is 30.7 Å². The van der Waals surface area contributed by atoms with Crippen molar-refractivity contribution in [2.45, 2.75) is 0 Å². The molecule has 2 aromatic heterocycles. The molecule has 0 saturated carbocycles. The highest BCUT2D eigenvalue weighted by molar-refractivity contribution is 5.87. The van der Waals surface area contributed by atoms with E-state index >= 15 is 0 Å². The summed E-state index contributed by atoms with van der Waals surface area (Å²) < 4.78 is 10.1. The highest BCUT2D eigenvalue weighted by Gasteiger charge is 2.12. The van der Waals surface area contributed by atoms with Crippen LogP contribution in [0.3, 0.4) is 0 Å². The van der Waals surface area contributed by atoms with Crippen molar-refractivity contribution in [3.05, 3.63) is 54.2 Å². The molecule has 3 aromatic rings. The maximum Gasteiger partial charge on any atom is 0.373 e. The normalized spacial score (nSPS) is 11.0. The van der Waals surface area contributed by atoms with Crippen molar-refractivity contribution in [3.8, 4) is 17.4 Å². The Morgan fingerprint density at radius 3 is 3.00 bits per heavy atom.